The van der Waals surface area contributed by atoms with Gasteiger partial charge in [0.15, 0.2) is 0 Å². The third kappa shape index (κ3) is 4.32. The van der Waals surface area contributed by atoms with E-state index in [1.54, 1.807) is 20.6 Å². The number of hydrogen-bond acceptors (Lipinski definition) is 8. The molecule has 1 N–H and O–H groups in total. The van der Waals surface area contributed by atoms with Crippen molar-refractivity contribution in [3.63, 3.8) is 0 Å². The van der Waals surface area contributed by atoms with Crippen LogP contribution in [0.2, 0.25) is 0 Å². The highest BCUT2D eigenvalue weighted by Crippen LogP contribution is 2.64. The molecule has 2 bridgehead atoms. The molecular formula is C29H37N5O6. The lowest BCUT2D eigenvalue weighted by Gasteiger charge is -2.36. The number of unbranched alkanes of at least 4 members (excludes halogenated alkanes) is 1. The fourth-order valence-corrected chi connectivity index (χ4v) is 6.95. The minimum absolute atomic E-state index is 0.0247. The average molecular weight is 552 g/mol. The fourth-order valence-electron chi connectivity index (χ4n) is 6.95. The van der Waals surface area contributed by atoms with Gasteiger partial charge in [0.1, 0.15) is 36.4 Å². The Balaban J connectivity index is 1.53. The lowest BCUT2D eigenvalue weighted by atomic mass is 9.65. The summed E-state index contributed by atoms with van der Waals surface area (Å²) in [5.74, 6) is -2.73. The molecule has 5 atom stereocenters. The molecule has 11 nitrogen and oxygen atoms in total. The molecule has 3 aliphatic heterocycles. The number of amides is 2. The fraction of sp³-hybridized carbons (Fsp3) is 0.552. The topological polar surface area (TPSA) is 127 Å². The number of carbonyl (C=O) groups excluding carboxylic acids is 3. The number of benzene rings is 1. The largest absolute Gasteiger partial charge is 0.461 e. The van der Waals surface area contributed by atoms with Gasteiger partial charge in [-0.1, -0.05) is 43.0 Å². The Morgan fingerprint density at radius 2 is 2.05 bits per heavy atom. The van der Waals surface area contributed by atoms with Gasteiger partial charge in [-0.25, -0.2) is 4.68 Å². The highest BCUT2D eigenvalue weighted by molar-refractivity contribution is 5.98. The van der Waals surface area contributed by atoms with E-state index < -0.39 is 35.0 Å². The van der Waals surface area contributed by atoms with Gasteiger partial charge in [-0.05, 0) is 44.2 Å². The lowest BCUT2D eigenvalue weighted by molar-refractivity contribution is -0.161. The van der Waals surface area contributed by atoms with Crippen LogP contribution in [0.4, 0.5) is 0 Å². The second-order valence-electron chi connectivity index (χ2n) is 10.8. The van der Waals surface area contributed by atoms with E-state index in [1.807, 2.05) is 31.2 Å². The Morgan fingerprint density at radius 3 is 2.77 bits per heavy atom. The number of fused-ring (bicyclic) bond motifs is 2. The summed E-state index contributed by atoms with van der Waals surface area (Å²) in [6.07, 6.45) is 5.65. The van der Waals surface area contributed by atoms with Crippen LogP contribution in [0.1, 0.15) is 39.0 Å². The second kappa shape index (κ2) is 11.1. The van der Waals surface area contributed by atoms with Gasteiger partial charge in [0.25, 0.3) is 0 Å². The Kier molecular flexibility index (Phi) is 7.78. The van der Waals surface area contributed by atoms with E-state index in [2.05, 4.69) is 23.5 Å². The maximum atomic E-state index is 14.5. The molecule has 214 valence electrons. The maximum absolute atomic E-state index is 14.5. The molecule has 3 fully saturated rings. The maximum Gasteiger partial charge on any atom is 0.313 e. The van der Waals surface area contributed by atoms with Gasteiger partial charge in [0.2, 0.25) is 11.8 Å². The van der Waals surface area contributed by atoms with E-state index in [4.69, 9.17) is 9.47 Å². The first kappa shape index (κ1) is 28.0. The molecule has 0 aliphatic carbocycles. The number of nitrogens with zero attached hydrogens (tertiary/aromatic N) is 5. The molecule has 1 aromatic carbocycles. The number of aliphatic hydroxyl groups is 1. The summed E-state index contributed by atoms with van der Waals surface area (Å²) < 4.78 is 13.9. The molecule has 11 heteroatoms. The Labute approximate surface area is 233 Å². The minimum atomic E-state index is -1.16. The van der Waals surface area contributed by atoms with Gasteiger partial charge in [-0.3, -0.25) is 14.4 Å². The number of aromatic nitrogens is 3. The van der Waals surface area contributed by atoms with Crippen LogP contribution in [-0.4, -0.2) is 91.2 Å². The summed E-state index contributed by atoms with van der Waals surface area (Å²) in [5, 5.41) is 17.9. The van der Waals surface area contributed by atoms with Crippen LogP contribution in [0.25, 0.3) is 11.0 Å². The van der Waals surface area contributed by atoms with Crippen molar-refractivity contribution in [2.75, 3.05) is 26.3 Å². The van der Waals surface area contributed by atoms with Crippen molar-refractivity contribution in [1.82, 2.24) is 24.8 Å². The second-order valence-corrected chi connectivity index (χ2v) is 10.8. The van der Waals surface area contributed by atoms with Crippen LogP contribution in [0.15, 0.2) is 49.6 Å². The van der Waals surface area contributed by atoms with Crippen LogP contribution in [0.3, 0.4) is 0 Å². The summed E-state index contributed by atoms with van der Waals surface area (Å²) in [6.45, 7) is 10.0. The first-order valence-electron chi connectivity index (χ1n) is 13.9. The van der Waals surface area contributed by atoms with Crippen molar-refractivity contribution in [2.24, 2.45) is 11.8 Å². The van der Waals surface area contributed by atoms with E-state index in [1.165, 1.54) is 6.08 Å². The van der Waals surface area contributed by atoms with Crippen molar-refractivity contribution < 1.29 is 29.0 Å². The molecule has 3 saturated heterocycles. The van der Waals surface area contributed by atoms with Crippen LogP contribution in [0, 0.1) is 11.8 Å². The Bertz CT molecular complexity index is 1310. The highest BCUT2D eigenvalue weighted by atomic mass is 16.6. The van der Waals surface area contributed by atoms with Gasteiger partial charge in [0, 0.05) is 19.7 Å². The number of aliphatic hydroxyl groups excluding tert-OH is 1. The molecular weight excluding hydrogens is 514 g/mol. The molecule has 2 aromatic rings. The Morgan fingerprint density at radius 1 is 1.25 bits per heavy atom. The van der Waals surface area contributed by atoms with Crippen molar-refractivity contribution in [3.05, 3.63) is 49.6 Å². The van der Waals surface area contributed by atoms with Crippen LogP contribution < -0.4 is 0 Å². The molecule has 1 spiro atoms. The van der Waals surface area contributed by atoms with Crippen molar-refractivity contribution in [2.45, 2.75) is 62.9 Å². The number of esters is 1. The smallest absolute Gasteiger partial charge is 0.313 e. The van der Waals surface area contributed by atoms with Crippen LogP contribution >= 0.6 is 0 Å². The third-order valence-electron chi connectivity index (χ3n) is 8.71. The van der Waals surface area contributed by atoms with Crippen molar-refractivity contribution >= 4 is 28.8 Å². The molecule has 4 heterocycles. The number of ether oxygens (including phenoxy) is 2. The number of rotatable bonds is 13. The van der Waals surface area contributed by atoms with Gasteiger partial charge < -0.3 is 24.4 Å². The van der Waals surface area contributed by atoms with E-state index in [0.29, 0.717) is 37.6 Å². The quantitative estimate of drug-likeness (QED) is 0.228. The standard InChI is InChI=1S/C29H37N5O6/c1-4-15-32(19-34-21-12-8-7-11-20(21)30-31-34)26(37)24-29-14-13-28(6-3,40-29)23(27(38)39-18-5-2)22(29)25(36)33(24)16-9-10-17-35/h4-5,7-8,11-12,22-24,35H,1-2,6,9-10,13-19H2,3H3/t22-,23+,24?,28-,29?/m0/s1. The highest BCUT2D eigenvalue weighted by Gasteiger charge is 2.79. The van der Waals surface area contributed by atoms with Gasteiger partial charge in [-0.2, -0.15) is 0 Å². The normalized spacial score (nSPS) is 28.6. The van der Waals surface area contributed by atoms with Gasteiger partial charge >= 0.3 is 5.97 Å². The predicted molar refractivity (Wildman–Crippen MR) is 145 cm³/mol. The van der Waals surface area contributed by atoms with Crippen molar-refractivity contribution in [1.29, 1.82) is 0 Å². The molecule has 2 unspecified atom stereocenters. The van der Waals surface area contributed by atoms with E-state index >= 15 is 0 Å². The van der Waals surface area contributed by atoms with Gasteiger partial charge in [0.05, 0.1) is 17.0 Å². The zero-order valence-electron chi connectivity index (χ0n) is 22.9. The summed E-state index contributed by atoms with van der Waals surface area (Å²) >= 11 is 0. The van der Waals surface area contributed by atoms with Crippen molar-refractivity contribution in [3.8, 4) is 0 Å². The first-order chi connectivity index (χ1) is 19.4. The molecule has 0 saturated carbocycles. The molecule has 3 aliphatic rings. The van der Waals surface area contributed by atoms with Crippen LogP contribution in [-0.2, 0) is 30.5 Å². The first-order valence-corrected chi connectivity index (χ1v) is 13.9. The molecule has 2 amide bonds. The number of carbonyl (C=O) groups is 3. The number of para-hydroxylation sites is 1. The summed E-state index contributed by atoms with van der Waals surface area (Å²) in [4.78, 5) is 45.2. The number of likely N-dealkylation sites (tertiary alicyclic amines) is 1. The Hall–Kier alpha value is -3.57. The zero-order chi connectivity index (χ0) is 28.5. The lowest BCUT2D eigenvalue weighted by Crippen LogP contribution is -2.56. The predicted octanol–water partition coefficient (Wildman–Crippen LogP) is 2.06. The molecule has 40 heavy (non-hydrogen) atoms. The zero-order valence-corrected chi connectivity index (χ0v) is 22.9. The minimum Gasteiger partial charge on any atom is -0.461 e. The average Bonchev–Trinajstić information content (AvgIpc) is 3.69. The number of hydrogen-bond donors (Lipinski definition) is 1. The molecule has 1 aromatic heterocycles. The monoisotopic (exact) mass is 551 g/mol. The SMILES string of the molecule is C=CCOC(=O)[C@H]1[C@H]2C(=O)N(CCCCO)C(C(=O)N(CC=C)Cn3nnc4ccccc43)C23CC[C@]1(CC)O3. The van der Waals surface area contributed by atoms with E-state index in [-0.39, 0.29) is 44.8 Å². The van der Waals surface area contributed by atoms with Crippen LogP contribution in [0.5, 0.6) is 0 Å². The van der Waals surface area contributed by atoms with E-state index in [9.17, 15) is 19.5 Å². The molecule has 5 rings (SSSR count). The van der Waals surface area contributed by atoms with E-state index in [0.717, 1.165) is 5.52 Å². The summed E-state index contributed by atoms with van der Waals surface area (Å²) in [7, 11) is 0. The van der Waals surface area contributed by atoms with Gasteiger partial charge in [-0.15, -0.1) is 11.7 Å². The third-order valence-corrected chi connectivity index (χ3v) is 8.71. The summed E-state index contributed by atoms with van der Waals surface area (Å²) in [6, 6.07) is 6.54. The molecule has 0 radical (unpaired) electrons. The summed E-state index contributed by atoms with van der Waals surface area (Å²) in [5.41, 5.74) is -0.557.